The first-order valence-electron chi connectivity index (χ1n) is 6.08. The van der Waals surface area contributed by atoms with Crippen molar-refractivity contribution >= 4 is 5.69 Å². The lowest BCUT2D eigenvalue weighted by molar-refractivity contribution is 0.580. The maximum Gasteiger partial charge on any atom is 0.149 e. The topological polar surface area (TPSA) is 12.0 Å². The number of nitrogens with one attached hydrogen (secondary N) is 1. The summed E-state index contributed by atoms with van der Waals surface area (Å²) < 4.78 is 40.0. The molecule has 4 heteroatoms. The van der Waals surface area contributed by atoms with E-state index in [9.17, 15) is 13.2 Å². The number of hydrogen-bond donors (Lipinski definition) is 1. The van der Waals surface area contributed by atoms with E-state index in [1.165, 1.54) is 30.3 Å². The molecule has 2 aromatic carbocycles. The van der Waals surface area contributed by atoms with Crippen LogP contribution < -0.4 is 5.32 Å². The molecule has 1 N–H and O–H groups in total. The Bertz CT molecular complexity index is 532. The highest BCUT2D eigenvalue weighted by Crippen LogP contribution is 2.26. The van der Waals surface area contributed by atoms with Gasteiger partial charge in [-0.25, -0.2) is 13.2 Å². The van der Waals surface area contributed by atoms with E-state index in [0.717, 1.165) is 5.56 Å². The highest BCUT2D eigenvalue weighted by atomic mass is 19.1. The molecule has 0 aliphatic rings. The van der Waals surface area contributed by atoms with Crippen LogP contribution in [0.3, 0.4) is 0 Å². The minimum absolute atomic E-state index is 0.154. The molecule has 0 saturated heterocycles. The van der Waals surface area contributed by atoms with E-state index < -0.39 is 11.6 Å². The third-order valence-electron chi connectivity index (χ3n) is 2.96. The van der Waals surface area contributed by atoms with Crippen LogP contribution in [-0.2, 0) is 0 Å². The Morgan fingerprint density at radius 3 is 2.05 bits per heavy atom. The second-order valence-corrected chi connectivity index (χ2v) is 4.25. The lowest BCUT2D eigenvalue weighted by Crippen LogP contribution is -2.12. The third-order valence-corrected chi connectivity index (χ3v) is 2.96. The van der Waals surface area contributed by atoms with Crippen LogP contribution in [0.25, 0.3) is 0 Å². The van der Waals surface area contributed by atoms with Gasteiger partial charge in [0.2, 0.25) is 0 Å². The van der Waals surface area contributed by atoms with Crippen molar-refractivity contribution in [2.45, 2.75) is 19.4 Å². The van der Waals surface area contributed by atoms with E-state index in [0.29, 0.717) is 6.42 Å². The van der Waals surface area contributed by atoms with E-state index in [1.807, 2.05) is 6.92 Å². The van der Waals surface area contributed by atoms with E-state index in [2.05, 4.69) is 5.32 Å². The van der Waals surface area contributed by atoms with Crippen molar-refractivity contribution in [3.63, 3.8) is 0 Å². The van der Waals surface area contributed by atoms with E-state index in [1.54, 1.807) is 12.1 Å². The van der Waals surface area contributed by atoms with E-state index in [4.69, 9.17) is 0 Å². The Kier molecular flexibility index (Phi) is 4.10. The maximum atomic E-state index is 13.6. The molecule has 0 aliphatic heterocycles. The van der Waals surface area contributed by atoms with Gasteiger partial charge in [0.05, 0.1) is 6.04 Å². The second-order valence-electron chi connectivity index (χ2n) is 4.25. The lowest BCUT2D eigenvalue weighted by atomic mass is 10.0. The first-order chi connectivity index (χ1) is 9.11. The van der Waals surface area contributed by atoms with Gasteiger partial charge in [-0.3, -0.25) is 0 Å². The second kappa shape index (κ2) is 5.78. The Hall–Kier alpha value is -1.97. The van der Waals surface area contributed by atoms with Crippen LogP contribution >= 0.6 is 0 Å². The summed E-state index contributed by atoms with van der Waals surface area (Å²) in [5.41, 5.74) is 0.630. The molecule has 0 spiro atoms. The molecule has 0 bridgehead atoms. The Balaban J connectivity index is 2.26. The van der Waals surface area contributed by atoms with Crippen molar-refractivity contribution in [2.24, 2.45) is 0 Å². The van der Waals surface area contributed by atoms with Gasteiger partial charge in [0.1, 0.15) is 23.1 Å². The van der Waals surface area contributed by atoms with Crippen molar-refractivity contribution in [3.8, 4) is 0 Å². The number of halogens is 3. The molecular formula is C15H14F3N. The van der Waals surface area contributed by atoms with Gasteiger partial charge in [-0.2, -0.15) is 0 Å². The average Bonchev–Trinajstić information content (AvgIpc) is 2.40. The summed E-state index contributed by atoms with van der Waals surface area (Å²) in [6, 6.07) is 9.31. The summed E-state index contributed by atoms with van der Waals surface area (Å²) in [7, 11) is 0. The summed E-state index contributed by atoms with van der Waals surface area (Å²) >= 11 is 0. The van der Waals surface area contributed by atoms with Crippen LogP contribution in [0.1, 0.15) is 24.9 Å². The number of benzene rings is 2. The monoisotopic (exact) mass is 265 g/mol. The fourth-order valence-corrected chi connectivity index (χ4v) is 1.93. The Morgan fingerprint density at radius 2 is 1.53 bits per heavy atom. The van der Waals surface area contributed by atoms with Crippen molar-refractivity contribution in [2.75, 3.05) is 5.32 Å². The van der Waals surface area contributed by atoms with Gasteiger partial charge in [-0.15, -0.1) is 0 Å². The predicted octanol–water partition coefficient (Wildman–Crippen LogP) is 4.67. The van der Waals surface area contributed by atoms with Crippen LogP contribution in [0.15, 0.2) is 42.5 Å². The molecule has 0 fully saturated rings. The summed E-state index contributed by atoms with van der Waals surface area (Å²) in [6.07, 6.45) is 0.624. The number of hydrogen-bond acceptors (Lipinski definition) is 1. The zero-order chi connectivity index (χ0) is 13.8. The van der Waals surface area contributed by atoms with Gasteiger partial charge >= 0.3 is 0 Å². The van der Waals surface area contributed by atoms with Crippen LogP contribution in [0.2, 0.25) is 0 Å². The molecule has 0 heterocycles. The molecule has 0 radical (unpaired) electrons. The molecule has 1 nitrogen and oxygen atoms in total. The number of para-hydroxylation sites is 1. The van der Waals surface area contributed by atoms with Crippen molar-refractivity contribution in [1.29, 1.82) is 0 Å². The van der Waals surface area contributed by atoms with Crippen LogP contribution in [0.4, 0.5) is 18.9 Å². The standard InChI is InChI=1S/C15H14F3N/c1-2-14(10-6-8-11(16)9-7-10)19-15-12(17)4-3-5-13(15)18/h3-9,14,19H,2H2,1H3. The summed E-state index contributed by atoms with van der Waals surface area (Å²) in [5.74, 6) is -1.61. The zero-order valence-corrected chi connectivity index (χ0v) is 10.5. The van der Waals surface area contributed by atoms with E-state index in [-0.39, 0.29) is 17.5 Å². The van der Waals surface area contributed by atoms with Crippen molar-refractivity contribution in [3.05, 3.63) is 65.5 Å². The Morgan fingerprint density at radius 1 is 0.947 bits per heavy atom. The Labute approximate surface area is 110 Å². The van der Waals surface area contributed by atoms with Gasteiger partial charge in [0, 0.05) is 0 Å². The van der Waals surface area contributed by atoms with Gasteiger partial charge in [-0.1, -0.05) is 25.1 Å². The maximum absolute atomic E-state index is 13.6. The van der Waals surface area contributed by atoms with Gasteiger partial charge in [0.15, 0.2) is 0 Å². The minimum Gasteiger partial charge on any atom is -0.374 e. The van der Waals surface area contributed by atoms with Crippen LogP contribution in [0.5, 0.6) is 0 Å². The number of anilines is 1. The SMILES string of the molecule is CCC(Nc1c(F)cccc1F)c1ccc(F)cc1. The van der Waals surface area contributed by atoms with Crippen molar-refractivity contribution < 1.29 is 13.2 Å². The first-order valence-corrected chi connectivity index (χ1v) is 6.08. The normalized spacial score (nSPS) is 12.2. The molecule has 0 saturated carbocycles. The predicted molar refractivity (Wildman–Crippen MR) is 69.4 cm³/mol. The molecular weight excluding hydrogens is 251 g/mol. The average molecular weight is 265 g/mol. The molecule has 1 unspecified atom stereocenters. The van der Waals surface area contributed by atoms with Gasteiger partial charge in [0.25, 0.3) is 0 Å². The molecule has 2 rings (SSSR count). The molecule has 0 aromatic heterocycles. The number of rotatable bonds is 4. The first kappa shape index (κ1) is 13.5. The summed E-state index contributed by atoms with van der Waals surface area (Å²) in [6.45, 7) is 1.89. The van der Waals surface area contributed by atoms with Gasteiger partial charge in [-0.05, 0) is 36.2 Å². The zero-order valence-electron chi connectivity index (χ0n) is 10.5. The molecule has 2 aromatic rings. The van der Waals surface area contributed by atoms with Crippen LogP contribution in [-0.4, -0.2) is 0 Å². The summed E-state index contributed by atoms with van der Waals surface area (Å²) in [4.78, 5) is 0. The largest absolute Gasteiger partial charge is 0.374 e. The molecule has 1 atom stereocenters. The quantitative estimate of drug-likeness (QED) is 0.847. The minimum atomic E-state index is -0.638. The fourth-order valence-electron chi connectivity index (χ4n) is 1.93. The third kappa shape index (κ3) is 3.08. The molecule has 100 valence electrons. The smallest absolute Gasteiger partial charge is 0.149 e. The highest BCUT2D eigenvalue weighted by Gasteiger charge is 2.14. The van der Waals surface area contributed by atoms with Crippen LogP contribution in [0, 0.1) is 17.5 Å². The molecule has 0 aliphatic carbocycles. The lowest BCUT2D eigenvalue weighted by Gasteiger charge is -2.19. The van der Waals surface area contributed by atoms with Gasteiger partial charge < -0.3 is 5.32 Å². The van der Waals surface area contributed by atoms with Crippen molar-refractivity contribution in [1.82, 2.24) is 0 Å². The molecule has 0 amide bonds. The fraction of sp³-hybridized carbons (Fsp3) is 0.200. The highest BCUT2D eigenvalue weighted by molar-refractivity contribution is 5.48. The van der Waals surface area contributed by atoms with E-state index >= 15 is 0 Å². The summed E-state index contributed by atoms with van der Waals surface area (Å²) in [5, 5.41) is 2.83. The molecule has 19 heavy (non-hydrogen) atoms.